The van der Waals surface area contributed by atoms with E-state index in [1.165, 1.54) is 0 Å². The number of amides is 1. The first-order valence-electron chi connectivity index (χ1n) is 10.8. The van der Waals surface area contributed by atoms with Gasteiger partial charge in [0.1, 0.15) is 5.65 Å². The Morgan fingerprint density at radius 3 is 2.47 bits per heavy atom. The maximum absolute atomic E-state index is 12.5. The molecular formula is C26H25Cl2N3O. The van der Waals surface area contributed by atoms with Crippen molar-refractivity contribution in [3.63, 3.8) is 0 Å². The molecule has 32 heavy (non-hydrogen) atoms. The highest BCUT2D eigenvalue weighted by Gasteiger charge is 2.17. The molecule has 0 unspecified atom stereocenters. The highest BCUT2D eigenvalue weighted by Crippen LogP contribution is 2.31. The number of nitrogens with zero attached hydrogens (tertiary/aromatic N) is 2. The second-order valence-corrected chi connectivity index (χ2v) is 8.76. The van der Waals surface area contributed by atoms with Crippen LogP contribution in [-0.4, -0.2) is 21.3 Å². The minimum absolute atomic E-state index is 0.0404. The molecule has 6 heteroatoms. The number of halogens is 2. The van der Waals surface area contributed by atoms with E-state index in [9.17, 15) is 4.79 Å². The summed E-state index contributed by atoms with van der Waals surface area (Å²) >= 11 is 12.5. The molecule has 4 rings (SSSR count). The van der Waals surface area contributed by atoms with Crippen molar-refractivity contribution in [3.8, 4) is 22.4 Å². The third-order valence-corrected chi connectivity index (χ3v) is 6.21. The number of nitrogens with one attached hydrogen (secondary N) is 1. The third-order valence-electron chi connectivity index (χ3n) is 5.63. The molecule has 0 saturated heterocycles. The van der Waals surface area contributed by atoms with Crippen molar-refractivity contribution in [1.29, 1.82) is 0 Å². The van der Waals surface area contributed by atoms with E-state index < -0.39 is 0 Å². The molecule has 0 radical (unpaired) electrons. The van der Waals surface area contributed by atoms with Gasteiger partial charge in [-0.25, -0.2) is 4.98 Å². The van der Waals surface area contributed by atoms with E-state index in [0.29, 0.717) is 22.9 Å². The zero-order chi connectivity index (χ0) is 22.7. The monoisotopic (exact) mass is 465 g/mol. The SMILES string of the molecule is CC[C@H](C)NC(=O)CCc1c(-c2ccc(Cl)cc2)nc2ccc(-c3ccccc3Cl)cn12. The molecule has 0 aliphatic carbocycles. The number of rotatable bonds is 7. The number of carbonyl (C=O) groups is 1. The van der Waals surface area contributed by atoms with Crippen molar-refractivity contribution in [2.45, 2.75) is 39.2 Å². The number of hydrogen-bond donors (Lipinski definition) is 1. The first-order chi connectivity index (χ1) is 15.5. The quantitative estimate of drug-likeness (QED) is 0.325. The Morgan fingerprint density at radius 2 is 1.75 bits per heavy atom. The molecule has 2 aromatic heterocycles. The van der Waals surface area contributed by atoms with Gasteiger partial charge < -0.3 is 9.72 Å². The van der Waals surface area contributed by atoms with Gasteiger partial charge in [-0.05, 0) is 55.7 Å². The molecule has 0 aliphatic rings. The number of pyridine rings is 1. The number of imidazole rings is 1. The van der Waals surface area contributed by atoms with Crippen molar-refractivity contribution in [2.24, 2.45) is 0 Å². The number of benzene rings is 2. The van der Waals surface area contributed by atoms with Crippen LogP contribution in [0.25, 0.3) is 28.0 Å². The van der Waals surface area contributed by atoms with Crippen LogP contribution in [0.1, 0.15) is 32.4 Å². The second kappa shape index (κ2) is 9.76. The first kappa shape index (κ1) is 22.4. The van der Waals surface area contributed by atoms with E-state index in [1.807, 2.05) is 73.8 Å². The molecule has 2 aromatic carbocycles. The summed E-state index contributed by atoms with van der Waals surface area (Å²) in [4.78, 5) is 17.4. The van der Waals surface area contributed by atoms with E-state index in [-0.39, 0.29) is 11.9 Å². The molecule has 4 nitrogen and oxygen atoms in total. The lowest BCUT2D eigenvalue weighted by Gasteiger charge is -2.12. The average Bonchev–Trinajstić information content (AvgIpc) is 3.16. The van der Waals surface area contributed by atoms with Gasteiger partial charge in [-0.2, -0.15) is 0 Å². The molecule has 4 aromatic rings. The summed E-state index contributed by atoms with van der Waals surface area (Å²) in [5, 5.41) is 4.42. The molecule has 0 bridgehead atoms. The topological polar surface area (TPSA) is 46.4 Å². The van der Waals surface area contributed by atoms with Gasteiger partial charge in [0.15, 0.2) is 0 Å². The molecule has 0 spiro atoms. The van der Waals surface area contributed by atoms with Gasteiger partial charge in [0, 0.05) is 39.8 Å². The first-order valence-corrected chi connectivity index (χ1v) is 11.5. The molecule has 0 saturated carbocycles. The van der Waals surface area contributed by atoms with E-state index in [0.717, 1.165) is 40.1 Å². The van der Waals surface area contributed by atoms with E-state index >= 15 is 0 Å². The van der Waals surface area contributed by atoms with Gasteiger partial charge in [0.2, 0.25) is 5.91 Å². The van der Waals surface area contributed by atoms with Crippen LogP contribution in [0.4, 0.5) is 0 Å². The van der Waals surface area contributed by atoms with E-state index in [4.69, 9.17) is 28.2 Å². The van der Waals surface area contributed by atoms with E-state index in [2.05, 4.69) is 16.6 Å². The largest absolute Gasteiger partial charge is 0.354 e. The number of carbonyl (C=O) groups excluding carboxylic acids is 1. The summed E-state index contributed by atoms with van der Waals surface area (Å²) in [6, 6.07) is 19.6. The Morgan fingerprint density at radius 1 is 1.03 bits per heavy atom. The average molecular weight is 466 g/mol. The van der Waals surface area contributed by atoms with Gasteiger partial charge >= 0.3 is 0 Å². The maximum Gasteiger partial charge on any atom is 0.220 e. The van der Waals surface area contributed by atoms with Crippen LogP contribution in [0, 0.1) is 0 Å². The highest BCUT2D eigenvalue weighted by atomic mass is 35.5. The maximum atomic E-state index is 12.5. The Labute approximate surface area is 198 Å². The van der Waals surface area contributed by atoms with Crippen molar-refractivity contribution < 1.29 is 4.79 Å². The Hall–Kier alpha value is -2.82. The predicted octanol–water partition coefficient (Wildman–Crippen LogP) is 6.82. The highest BCUT2D eigenvalue weighted by molar-refractivity contribution is 6.33. The Bertz CT molecular complexity index is 1250. The predicted molar refractivity (Wildman–Crippen MR) is 132 cm³/mol. The minimum Gasteiger partial charge on any atom is -0.354 e. The minimum atomic E-state index is 0.0404. The molecule has 1 N–H and O–H groups in total. The number of hydrogen-bond acceptors (Lipinski definition) is 2. The van der Waals surface area contributed by atoms with Gasteiger partial charge in [0.05, 0.1) is 11.4 Å². The normalized spacial score (nSPS) is 12.1. The molecule has 164 valence electrons. The fourth-order valence-corrected chi connectivity index (χ4v) is 4.08. The van der Waals surface area contributed by atoms with E-state index in [1.54, 1.807) is 0 Å². The fraction of sp³-hybridized carbons (Fsp3) is 0.231. The summed E-state index contributed by atoms with van der Waals surface area (Å²) in [6.45, 7) is 4.07. The number of aryl methyl sites for hydroxylation is 1. The number of fused-ring (bicyclic) bond motifs is 1. The van der Waals surface area contributed by atoms with Crippen LogP contribution in [0.3, 0.4) is 0 Å². The zero-order valence-corrected chi connectivity index (χ0v) is 19.6. The van der Waals surface area contributed by atoms with Crippen LogP contribution in [0.2, 0.25) is 10.0 Å². The summed E-state index contributed by atoms with van der Waals surface area (Å²) in [6.07, 6.45) is 3.89. The molecular weight excluding hydrogens is 441 g/mol. The summed E-state index contributed by atoms with van der Waals surface area (Å²) in [5.74, 6) is 0.0404. The summed E-state index contributed by atoms with van der Waals surface area (Å²) in [5.41, 5.74) is 5.58. The van der Waals surface area contributed by atoms with Crippen LogP contribution in [-0.2, 0) is 11.2 Å². The van der Waals surface area contributed by atoms with Crippen molar-refractivity contribution in [1.82, 2.24) is 14.7 Å². The van der Waals surface area contributed by atoms with Crippen LogP contribution in [0.15, 0.2) is 66.9 Å². The van der Waals surface area contributed by atoms with Crippen LogP contribution in [0.5, 0.6) is 0 Å². The summed E-state index contributed by atoms with van der Waals surface area (Å²) < 4.78 is 2.07. The Balaban J connectivity index is 1.77. The van der Waals surface area contributed by atoms with Gasteiger partial charge in [0.25, 0.3) is 0 Å². The lowest BCUT2D eigenvalue weighted by atomic mass is 10.1. The second-order valence-electron chi connectivity index (χ2n) is 7.92. The Kier molecular flexibility index (Phi) is 6.83. The van der Waals surface area contributed by atoms with Gasteiger partial charge in [-0.3, -0.25) is 4.79 Å². The fourth-order valence-electron chi connectivity index (χ4n) is 3.71. The summed E-state index contributed by atoms with van der Waals surface area (Å²) in [7, 11) is 0. The van der Waals surface area contributed by atoms with Crippen LogP contribution >= 0.6 is 23.2 Å². The molecule has 1 amide bonds. The lowest BCUT2D eigenvalue weighted by molar-refractivity contribution is -0.121. The van der Waals surface area contributed by atoms with Crippen molar-refractivity contribution in [3.05, 3.63) is 82.6 Å². The number of aromatic nitrogens is 2. The van der Waals surface area contributed by atoms with Crippen LogP contribution < -0.4 is 5.32 Å². The lowest BCUT2D eigenvalue weighted by Crippen LogP contribution is -2.32. The smallest absolute Gasteiger partial charge is 0.220 e. The molecule has 0 fully saturated rings. The van der Waals surface area contributed by atoms with Crippen molar-refractivity contribution >= 4 is 34.8 Å². The van der Waals surface area contributed by atoms with Gasteiger partial charge in [-0.15, -0.1) is 0 Å². The molecule has 1 atom stereocenters. The zero-order valence-electron chi connectivity index (χ0n) is 18.1. The third kappa shape index (κ3) is 4.82. The van der Waals surface area contributed by atoms with Gasteiger partial charge in [-0.1, -0.05) is 60.5 Å². The van der Waals surface area contributed by atoms with Crippen molar-refractivity contribution in [2.75, 3.05) is 0 Å². The molecule has 2 heterocycles. The molecule has 0 aliphatic heterocycles. The standard InChI is InChI=1S/C26H25Cl2N3O/c1-3-17(2)29-25(32)15-13-23-26(18-8-11-20(27)12-9-18)30-24-14-10-19(16-31(23)24)21-6-4-5-7-22(21)28/h4-12,14,16-17H,3,13,15H2,1-2H3,(H,29,32)/t17-/m0/s1.